The van der Waals surface area contributed by atoms with Gasteiger partial charge in [-0.3, -0.25) is 4.79 Å². The quantitative estimate of drug-likeness (QED) is 0.519. The lowest BCUT2D eigenvalue weighted by atomic mass is 10.2. The van der Waals surface area contributed by atoms with Crippen LogP contribution in [0, 0.1) is 11.3 Å². The lowest BCUT2D eigenvalue weighted by Crippen LogP contribution is -2.28. The van der Waals surface area contributed by atoms with Gasteiger partial charge in [0.15, 0.2) is 5.82 Å². The highest BCUT2D eigenvalue weighted by Crippen LogP contribution is 2.25. The molecule has 0 radical (unpaired) electrons. The molecule has 1 atom stereocenters. The zero-order chi connectivity index (χ0) is 20.5. The van der Waals surface area contributed by atoms with Crippen LogP contribution in [-0.2, 0) is 0 Å². The molecule has 3 heterocycles. The molecule has 11 heteroatoms. The summed E-state index contributed by atoms with van der Waals surface area (Å²) >= 11 is 6.23. The number of nitrogens with zero attached hydrogens (tertiary/aromatic N) is 6. The number of nitrogens with one attached hydrogen (secondary N) is 1. The molecule has 0 amide bonds. The minimum atomic E-state index is -0.566. The summed E-state index contributed by atoms with van der Waals surface area (Å²) in [5, 5.41) is 16.8. The average molecular weight is 409 g/mol. The molecular formula is C18H13ClN8O2. The van der Waals surface area contributed by atoms with E-state index in [1.54, 1.807) is 25.1 Å². The molecule has 0 bridgehead atoms. The lowest BCUT2D eigenvalue weighted by molar-refractivity contribution is 0.415. The van der Waals surface area contributed by atoms with Crippen molar-refractivity contribution in [3.8, 4) is 11.9 Å². The van der Waals surface area contributed by atoms with Gasteiger partial charge < -0.3 is 15.6 Å². The van der Waals surface area contributed by atoms with E-state index >= 15 is 0 Å². The van der Waals surface area contributed by atoms with Crippen LogP contribution in [-0.4, -0.2) is 24.7 Å². The van der Waals surface area contributed by atoms with Crippen LogP contribution < -0.4 is 16.6 Å². The normalized spacial score (nSPS) is 11.9. The number of fused-ring (bicyclic) bond motifs is 1. The highest BCUT2D eigenvalue weighted by molar-refractivity contribution is 6.35. The second-order valence-electron chi connectivity index (χ2n) is 6.06. The largest absolute Gasteiger partial charge is 0.382 e. The third-order valence-corrected chi connectivity index (χ3v) is 4.57. The fourth-order valence-corrected chi connectivity index (χ4v) is 3.18. The minimum Gasteiger partial charge on any atom is -0.382 e. The van der Waals surface area contributed by atoms with Gasteiger partial charge in [-0.25, -0.2) is 19.5 Å². The van der Waals surface area contributed by atoms with Crippen LogP contribution in [0.3, 0.4) is 0 Å². The van der Waals surface area contributed by atoms with Gasteiger partial charge in [-0.15, -0.1) is 0 Å². The monoisotopic (exact) mass is 408 g/mol. The van der Waals surface area contributed by atoms with Gasteiger partial charge in [-0.05, 0) is 19.1 Å². The second-order valence-corrected chi connectivity index (χ2v) is 6.47. The fraction of sp³-hybridized carbons (Fsp3) is 0.111. The van der Waals surface area contributed by atoms with Gasteiger partial charge in [-0.2, -0.15) is 5.26 Å². The molecule has 0 aliphatic heterocycles. The lowest BCUT2D eigenvalue weighted by Gasteiger charge is -2.19. The van der Waals surface area contributed by atoms with Crippen molar-refractivity contribution >= 4 is 34.1 Å². The fourth-order valence-electron chi connectivity index (χ4n) is 2.93. The summed E-state index contributed by atoms with van der Waals surface area (Å²) in [7, 11) is 0. The number of aromatic nitrogens is 5. The molecule has 0 spiro atoms. The maximum Gasteiger partial charge on any atom is 0.268 e. The molecule has 3 N–H and O–H groups in total. The average Bonchev–Trinajstić information content (AvgIpc) is 3.22. The molecule has 29 heavy (non-hydrogen) atoms. The molecule has 0 aliphatic rings. The molecule has 4 rings (SSSR count). The van der Waals surface area contributed by atoms with E-state index in [0.717, 1.165) is 0 Å². The van der Waals surface area contributed by atoms with E-state index in [1.807, 2.05) is 6.07 Å². The number of hydrogen-bond donors (Lipinski definition) is 2. The SMILES string of the molecule is C[C@H](Nc1ncnc(N)c1C#N)c1nc2cccc(Cl)c2c(=O)n1-c1ccon1. The smallest absolute Gasteiger partial charge is 0.268 e. The Morgan fingerprint density at radius 1 is 1.34 bits per heavy atom. The maximum atomic E-state index is 13.2. The van der Waals surface area contributed by atoms with Crippen molar-refractivity contribution in [3.05, 3.63) is 63.6 Å². The van der Waals surface area contributed by atoms with Crippen LogP contribution in [0.4, 0.5) is 11.6 Å². The standard InChI is InChI=1S/C18H13ClN8O2/c1-9(24-16-10(7-20)15(21)22-8-23-16)17-25-12-4-2-3-11(19)14(12)18(28)27(17)13-5-6-29-26-13/h2-6,8-9H,1H3,(H3,21,22,23,24)/t9-/m0/s1. The Morgan fingerprint density at radius 2 is 2.17 bits per heavy atom. The van der Waals surface area contributed by atoms with E-state index in [1.165, 1.54) is 23.2 Å². The third-order valence-electron chi connectivity index (χ3n) is 4.25. The van der Waals surface area contributed by atoms with Gasteiger partial charge in [0.25, 0.3) is 5.56 Å². The summed E-state index contributed by atoms with van der Waals surface area (Å²) in [5.74, 6) is 0.833. The predicted octanol–water partition coefficient (Wildman–Crippen LogP) is 2.44. The first-order valence-corrected chi connectivity index (χ1v) is 8.78. The number of hydrogen-bond acceptors (Lipinski definition) is 9. The molecule has 10 nitrogen and oxygen atoms in total. The molecule has 0 saturated carbocycles. The molecule has 0 fully saturated rings. The van der Waals surface area contributed by atoms with Crippen molar-refractivity contribution < 1.29 is 4.52 Å². The zero-order valence-electron chi connectivity index (χ0n) is 15.0. The highest BCUT2D eigenvalue weighted by Gasteiger charge is 2.22. The Hall–Kier alpha value is -3.97. The first kappa shape index (κ1) is 18.4. The Kier molecular flexibility index (Phi) is 4.58. The van der Waals surface area contributed by atoms with Crippen molar-refractivity contribution in [2.45, 2.75) is 13.0 Å². The van der Waals surface area contributed by atoms with E-state index in [9.17, 15) is 10.1 Å². The number of nitrogen functional groups attached to an aromatic ring is 1. The molecule has 1 aromatic carbocycles. The summed E-state index contributed by atoms with van der Waals surface area (Å²) in [6, 6.07) is 7.94. The Bertz CT molecular complexity index is 1310. The second kappa shape index (κ2) is 7.21. The predicted molar refractivity (Wildman–Crippen MR) is 106 cm³/mol. The van der Waals surface area contributed by atoms with E-state index in [-0.39, 0.29) is 33.4 Å². The zero-order valence-corrected chi connectivity index (χ0v) is 15.8. The van der Waals surface area contributed by atoms with Crippen molar-refractivity contribution in [2.75, 3.05) is 11.1 Å². The van der Waals surface area contributed by atoms with Crippen LogP contribution in [0.1, 0.15) is 24.4 Å². The van der Waals surface area contributed by atoms with Crippen LogP contribution in [0.15, 0.2) is 46.2 Å². The van der Waals surface area contributed by atoms with Crippen LogP contribution in [0.5, 0.6) is 0 Å². The van der Waals surface area contributed by atoms with Gasteiger partial charge in [0.05, 0.1) is 22.0 Å². The van der Waals surface area contributed by atoms with Crippen LogP contribution >= 0.6 is 11.6 Å². The highest BCUT2D eigenvalue weighted by atomic mass is 35.5. The van der Waals surface area contributed by atoms with Gasteiger partial charge in [-0.1, -0.05) is 22.8 Å². The van der Waals surface area contributed by atoms with Crippen LogP contribution in [0.2, 0.25) is 5.02 Å². The van der Waals surface area contributed by atoms with E-state index in [0.29, 0.717) is 11.3 Å². The molecule has 144 valence electrons. The Labute approximate surface area is 168 Å². The molecule has 0 unspecified atom stereocenters. The first-order valence-electron chi connectivity index (χ1n) is 8.40. The summed E-state index contributed by atoms with van der Waals surface area (Å²) in [4.78, 5) is 25.7. The van der Waals surface area contributed by atoms with Gasteiger partial charge in [0, 0.05) is 6.07 Å². The molecular weight excluding hydrogens is 396 g/mol. The molecule has 4 aromatic rings. The number of rotatable bonds is 4. The van der Waals surface area contributed by atoms with Crippen LogP contribution in [0.25, 0.3) is 16.7 Å². The third kappa shape index (κ3) is 3.13. The molecule has 0 saturated heterocycles. The molecule has 3 aromatic heterocycles. The number of benzene rings is 1. The van der Waals surface area contributed by atoms with E-state index in [2.05, 4.69) is 25.4 Å². The summed E-state index contributed by atoms with van der Waals surface area (Å²) in [6.45, 7) is 1.76. The van der Waals surface area contributed by atoms with E-state index < -0.39 is 11.6 Å². The Balaban J connectivity index is 1.92. The van der Waals surface area contributed by atoms with Crippen molar-refractivity contribution in [1.29, 1.82) is 5.26 Å². The first-order chi connectivity index (χ1) is 14.0. The molecule has 0 aliphatic carbocycles. The summed E-state index contributed by atoms with van der Waals surface area (Å²) in [5.41, 5.74) is 5.87. The number of nitriles is 1. The van der Waals surface area contributed by atoms with Gasteiger partial charge >= 0.3 is 0 Å². The van der Waals surface area contributed by atoms with Crippen molar-refractivity contribution in [1.82, 2.24) is 24.7 Å². The van der Waals surface area contributed by atoms with Crippen molar-refractivity contribution in [3.63, 3.8) is 0 Å². The minimum absolute atomic E-state index is 0.0457. The Morgan fingerprint density at radius 3 is 2.90 bits per heavy atom. The van der Waals surface area contributed by atoms with E-state index in [4.69, 9.17) is 21.9 Å². The van der Waals surface area contributed by atoms with Crippen molar-refractivity contribution in [2.24, 2.45) is 0 Å². The van der Waals surface area contributed by atoms with Gasteiger partial charge in [0.2, 0.25) is 0 Å². The number of anilines is 2. The van der Waals surface area contributed by atoms with Gasteiger partial charge in [0.1, 0.15) is 41.7 Å². The summed E-state index contributed by atoms with van der Waals surface area (Å²) < 4.78 is 6.20. The number of halogens is 1. The topological polar surface area (TPSA) is 149 Å². The summed E-state index contributed by atoms with van der Waals surface area (Å²) in [6.07, 6.45) is 2.59. The maximum absolute atomic E-state index is 13.2. The number of nitrogens with two attached hydrogens (primary N) is 1.